The van der Waals surface area contributed by atoms with Crippen molar-refractivity contribution in [2.75, 3.05) is 0 Å². The van der Waals surface area contributed by atoms with Crippen molar-refractivity contribution in [2.24, 2.45) is 0 Å². The van der Waals surface area contributed by atoms with Crippen LogP contribution in [0.2, 0.25) is 0 Å². The molecule has 3 aromatic heterocycles. The number of aromatic nitrogens is 3. The lowest BCUT2D eigenvalue weighted by molar-refractivity contribution is 1.10. The standard InChI is InChI=1S/C52H37BN4S/c1-33-14-22-46-36(26-33)29-49(56(46)41-18-20-42(21-19-41)58-50-25-16-34(2)27-37(50)31-54)51-44-30-38(53)17-24-48(44)57(40-12-8-5-9-13-40)52(51)45-32-55(39-10-6-4-7-11-39)47-23-15-35(3)28-43(45)47/h4-30,32H,1-3H3. The number of rotatable bonds is 7. The number of hydrogen-bond acceptors (Lipinski definition) is 2. The van der Waals surface area contributed by atoms with E-state index in [1.807, 2.05) is 25.1 Å². The van der Waals surface area contributed by atoms with Gasteiger partial charge in [0, 0.05) is 60.3 Å². The molecule has 3 heterocycles. The Kier molecular flexibility index (Phi) is 8.70. The SMILES string of the molecule is [B]c1ccc2c(c1)c(-c1cc3cc(C)ccc3n1-c1ccc(Sc3ccc(C)cc3C#N)cc1)c(-c1cn(-c3ccccc3)c3ccc(C)cc13)n2-c1ccccc1. The average molecular weight is 761 g/mol. The lowest BCUT2D eigenvalue weighted by Gasteiger charge is -2.16. The van der Waals surface area contributed by atoms with Gasteiger partial charge in [-0.05, 0) is 123 Å². The second kappa shape index (κ2) is 14.2. The number of hydrogen-bond donors (Lipinski definition) is 0. The number of aryl methyl sites for hydroxylation is 3. The van der Waals surface area contributed by atoms with Crippen LogP contribution in [0.1, 0.15) is 22.3 Å². The van der Waals surface area contributed by atoms with Gasteiger partial charge >= 0.3 is 0 Å². The molecular formula is C52H37BN4S. The maximum absolute atomic E-state index is 9.87. The Morgan fingerprint density at radius 1 is 0.552 bits per heavy atom. The van der Waals surface area contributed by atoms with Crippen LogP contribution in [0.4, 0.5) is 0 Å². The smallest absolute Gasteiger partial charge is 0.113 e. The highest BCUT2D eigenvalue weighted by Crippen LogP contribution is 2.48. The predicted octanol–water partition coefficient (Wildman–Crippen LogP) is 12.6. The van der Waals surface area contributed by atoms with Gasteiger partial charge < -0.3 is 13.7 Å². The largest absolute Gasteiger partial charge is 0.316 e. The second-order valence-electron chi connectivity index (χ2n) is 15.1. The summed E-state index contributed by atoms with van der Waals surface area (Å²) in [4.78, 5) is 2.01. The van der Waals surface area contributed by atoms with Crippen molar-refractivity contribution in [1.29, 1.82) is 5.26 Å². The molecule has 2 radical (unpaired) electrons. The highest BCUT2D eigenvalue weighted by atomic mass is 32.2. The molecule has 0 saturated carbocycles. The molecule has 10 aromatic rings. The van der Waals surface area contributed by atoms with E-state index in [1.165, 1.54) is 16.5 Å². The Balaban J connectivity index is 1.29. The molecule has 274 valence electrons. The minimum absolute atomic E-state index is 0.688. The fraction of sp³-hybridized carbons (Fsp3) is 0.0577. The molecule has 0 spiro atoms. The van der Waals surface area contributed by atoms with Crippen LogP contribution in [0.3, 0.4) is 0 Å². The van der Waals surface area contributed by atoms with Gasteiger partial charge in [-0.3, -0.25) is 0 Å². The topological polar surface area (TPSA) is 38.6 Å². The molecule has 0 saturated heterocycles. The molecule has 6 heteroatoms. The number of benzene rings is 7. The Labute approximate surface area is 343 Å². The van der Waals surface area contributed by atoms with Crippen LogP contribution in [-0.4, -0.2) is 21.5 Å². The van der Waals surface area contributed by atoms with E-state index in [9.17, 15) is 5.26 Å². The highest BCUT2D eigenvalue weighted by Gasteiger charge is 2.28. The van der Waals surface area contributed by atoms with E-state index in [1.54, 1.807) is 11.8 Å². The molecule has 7 aromatic carbocycles. The molecule has 0 aliphatic carbocycles. The Morgan fingerprint density at radius 3 is 1.93 bits per heavy atom. The minimum Gasteiger partial charge on any atom is -0.316 e. The summed E-state index contributed by atoms with van der Waals surface area (Å²) in [5.74, 6) is 0. The summed E-state index contributed by atoms with van der Waals surface area (Å²) >= 11 is 1.62. The molecule has 58 heavy (non-hydrogen) atoms. The van der Waals surface area contributed by atoms with E-state index in [-0.39, 0.29) is 0 Å². The summed E-state index contributed by atoms with van der Waals surface area (Å²) in [6.07, 6.45) is 2.31. The molecule has 0 aliphatic heterocycles. The zero-order valence-electron chi connectivity index (χ0n) is 32.4. The Morgan fingerprint density at radius 2 is 1.19 bits per heavy atom. The van der Waals surface area contributed by atoms with Crippen molar-refractivity contribution < 1.29 is 0 Å². The number of nitriles is 1. The summed E-state index contributed by atoms with van der Waals surface area (Å²) in [6.45, 7) is 6.33. The van der Waals surface area contributed by atoms with E-state index in [0.29, 0.717) is 11.0 Å². The molecule has 4 nitrogen and oxygen atoms in total. The van der Waals surface area contributed by atoms with Gasteiger partial charge in [0.05, 0.1) is 33.5 Å². The van der Waals surface area contributed by atoms with E-state index in [2.05, 4.69) is 185 Å². The van der Waals surface area contributed by atoms with Crippen molar-refractivity contribution in [2.45, 2.75) is 30.6 Å². The number of nitrogens with zero attached hydrogens (tertiary/aromatic N) is 4. The normalized spacial score (nSPS) is 11.5. The maximum atomic E-state index is 9.87. The third-order valence-electron chi connectivity index (χ3n) is 11.0. The molecule has 0 bridgehead atoms. The first-order valence-corrected chi connectivity index (χ1v) is 20.2. The van der Waals surface area contributed by atoms with Crippen LogP contribution < -0.4 is 5.46 Å². The van der Waals surface area contributed by atoms with E-state index in [0.717, 1.165) is 82.3 Å². The van der Waals surface area contributed by atoms with Gasteiger partial charge in [0.15, 0.2) is 0 Å². The molecule has 10 rings (SSSR count). The zero-order chi connectivity index (χ0) is 39.5. The summed E-state index contributed by atoms with van der Waals surface area (Å²) < 4.78 is 7.13. The van der Waals surface area contributed by atoms with Gasteiger partial charge in [-0.15, -0.1) is 0 Å². The molecule has 0 fully saturated rings. The lowest BCUT2D eigenvalue weighted by Crippen LogP contribution is -2.01. The van der Waals surface area contributed by atoms with Crippen LogP contribution in [-0.2, 0) is 0 Å². The summed E-state index contributed by atoms with van der Waals surface area (Å²) in [6, 6.07) is 60.5. The minimum atomic E-state index is 0.688. The lowest BCUT2D eigenvalue weighted by atomic mass is 9.93. The van der Waals surface area contributed by atoms with Crippen LogP contribution in [0.15, 0.2) is 180 Å². The van der Waals surface area contributed by atoms with Gasteiger partial charge in [0.25, 0.3) is 0 Å². The predicted molar refractivity (Wildman–Crippen MR) is 243 cm³/mol. The molecular weight excluding hydrogens is 723 g/mol. The Bertz CT molecular complexity index is 3240. The maximum Gasteiger partial charge on any atom is 0.113 e. The van der Waals surface area contributed by atoms with Crippen molar-refractivity contribution in [1.82, 2.24) is 13.7 Å². The monoisotopic (exact) mass is 760 g/mol. The summed E-state index contributed by atoms with van der Waals surface area (Å²) in [7, 11) is 6.71. The fourth-order valence-electron chi connectivity index (χ4n) is 8.41. The zero-order valence-corrected chi connectivity index (χ0v) is 33.3. The van der Waals surface area contributed by atoms with Gasteiger partial charge in [-0.25, -0.2) is 0 Å². The van der Waals surface area contributed by atoms with Crippen LogP contribution >= 0.6 is 11.8 Å². The highest BCUT2D eigenvalue weighted by molar-refractivity contribution is 7.99. The third-order valence-corrected chi connectivity index (χ3v) is 12.1. The van der Waals surface area contributed by atoms with Crippen LogP contribution in [0.5, 0.6) is 0 Å². The van der Waals surface area contributed by atoms with Gasteiger partial charge in [0.2, 0.25) is 0 Å². The van der Waals surface area contributed by atoms with Crippen molar-refractivity contribution in [3.05, 3.63) is 192 Å². The number of fused-ring (bicyclic) bond motifs is 3. The first-order valence-electron chi connectivity index (χ1n) is 19.4. The molecule has 0 N–H and O–H groups in total. The van der Waals surface area contributed by atoms with E-state index in [4.69, 9.17) is 7.85 Å². The van der Waals surface area contributed by atoms with Crippen LogP contribution in [0.25, 0.3) is 72.3 Å². The van der Waals surface area contributed by atoms with E-state index >= 15 is 0 Å². The molecule has 0 aliphatic rings. The molecule has 0 unspecified atom stereocenters. The van der Waals surface area contributed by atoms with Gasteiger partial charge in [-0.1, -0.05) is 95.1 Å². The fourth-order valence-corrected chi connectivity index (χ4v) is 9.29. The van der Waals surface area contributed by atoms with E-state index < -0.39 is 0 Å². The third kappa shape index (κ3) is 6.03. The van der Waals surface area contributed by atoms with Crippen LogP contribution in [0, 0.1) is 32.1 Å². The second-order valence-corrected chi connectivity index (χ2v) is 16.2. The summed E-state index contributed by atoms with van der Waals surface area (Å²) in [5, 5.41) is 13.3. The molecule has 0 amide bonds. The van der Waals surface area contributed by atoms with Crippen molar-refractivity contribution in [3.8, 4) is 45.6 Å². The first kappa shape index (κ1) is 35.5. The summed E-state index contributed by atoms with van der Waals surface area (Å²) in [5.41, 5.74) is 15.8. The van der Waals surface area contributed by atoms with Crippen molar-refractivity contribution in [3.63, 3.8) is 0 Å². The number of para-hydroxylation sites is 2. The molecule has 0 atom stereocenters. The first-order chi connectivity index (χ1) is 28.3. The average Bonchev–Trinajstić information content (AvgIpc) is 3.91. The van der Waals surface area contributed by atoms with Gasteiger partial charge in [0.1, 0.15) is 13.9 Å². The van der Waals surface area contributed by atoms with Gasteiger partial charge in [-0.2, -0.15) is 5.26 Å². The van der Waals surface area contributed by atoms with Crippen molar-refractivity contribution >= 4 is 57.8 Å². The quantitative estimate of drug-likeness (QED) is 0.152. The Hall–Kier alpha value is -6.94.